The average Bonchev–Trinajstić information content (AvgIpc) is 2.84. The number of benzene rings is 3. The Morgan fingerprint density at radius 3 is 2.37 bits per heavy atom. The van der Waals surface area contributed by atoms with Gasteiger partial charge in [-0.25, -0.2) is 0 Å². The van der Waals surface area contributed by atoms with Crippen LogP contribution in [0.15, 0.2) is 72.9 Å². The van der Waals surface area contributed by atoms with Crippen LogP contribution in [0.4, 0.5) is 5.69 Å². The fraction of sp³-hybridized carbons (Fsp3) is 0.148. The van der Waals surface area contributed by atoms with Gasteiger partial charge in [0.1, 0.15) is 5.75 Å². The summed E-state index contributed by atoms with van der Waals surface area (Å²) in [6, 6.07) is 20.0. The van der Waals surface area contributed by atoms with Gasteiger partial charge < -0.3 is 15.0 Å². The molecule has 0 fully saturated rings. The fourth-order valence-corrected chi connectivity index (χ4v) is 4.25. The minimum atomic E-state index is -0.448. The molecule has 1 aromatic heterocycles. The zero-order valence-electron chi connectivity index (χ0n) is 19.2. The van der Waals surface area contributed by atoms with Crippen molar-refractivity contribution in [1.29, 1.82) is 0 Å². The van der Waals surface area contributed by atoms with E-state index in [1.807, 2.05) is 43.3 Å². The molecule has 3 aromatic carbocycles. The maximum absolute atomic E-state index is 12.9. The number of hydrogen-bond acceptors (Lipinski definition) is 4. The van der Waals surface area contributed by atoms with Crippen molar-refractivity contribution in [2.75, 3.05) is 19.0 Å². The highest BCUT2D eigenvalue weighted by molar-refractivity contribution is 6.40. The second-order valence-electron chi connectivity index (χ2n) is 8.05. The van der Waals surface area contributed by atoms with Gasteiger partial charge in [-0.15, -0.1) is 0 Å². The molecule has 2 amide bonds. The molecule has 8 heteroatoms. The third-order valence-electron chi connectivity index (χ3n) is 5.49. The van der Waals surface area contributed by atoms with Crippen LogP contribution in [0, 0.1) is 6.92 Å². The predicted octanol–water partition coefficient (Wildman–Crippen LogP) is 6.14. The largest absolute Gasteiger partial charge is 0.483 e. The lowest BCUT2D eigenvalue weighted by Gasteiger charge is -2.19. The first kappa shape index (κ1) is 24.5. The highest BCUT2D eigenvalue weighted by atomic mass is 35.5. The number of pyridine rings is 1. The summed E-state index contributed by atoms with van der Waals surface area (Å²) >= 11 is 12.4. The lowest BCUT2D eigenvalue weighted by atomic mass is 10.1. The van der Waals surface area contributed by atoms with Gasteiger partial charge in [-0.05, 0) is 36.8 Å². The molecule has 0 bridgehead atoms. The molecule has 0 atom stereocenters. The number of carbonyl (C=O) groups excluding carboxylic acids is 2. The molecule has 0 aliphatic carbocycles. The number of rotatable bonds is 7. The zero-order chi connectivity index (χ0) is 24.9. The molecular formula is C27H23Cl2N3O3. The first-order valence-electron chi connectivity index (χ1n) is 10.9. The highest BCUT2D eigenvalue weighted by Crippen LogP contribution is 2.33. The van der Waals surface area contributed by atoms with Gasteiger partial charge in [-0.3, -0.25) is 14.6 Å². The van der Waals surface area contributed by atoms with Crippen LogP contribution < -0.4 is 10.1 Å². The summed E-state index contributed by atoms with van der Waals surface area (Å²) in [7, 11) is 1.74. The second kappa shape index (κ2) is 10.8. The van der Waals surface area contributed by atoms with Gasteiger partial charge in [-0.2, -0.15) is 0 Å². The van der Waals surface area contributed by atoms with E-state index in [4.69, 9.17) is 27.9 Å². The maximum atomic E-state index is 12.9. The van der Waals surface area contributed by atoms with Crippen LogP contribution in [-0.4, -0.2) is 35.4 Å². The Bertz CT molecular complexity index is 1370. The number of likely N-dealkylation sites (N-methyl/N-ethyl adjacent to an activating group) is 1. The van der Waals surface area contributed by atoms with Crippen molar-refractivity contribution in [1.82, 2.24) is 9.88 Å². The van der Waals surface area contributed by atoms with Crippen LogP contribution in [-0.2, 0) is 11.3 Å². The van der Waals surface area contributed by atoms with E-state index in [0.29, 0.717) is 28.9 Å². The van der Waals surface area contributed by atoms with Crippen molar-refractivity contribution >= 4 is 51.6 Å². The van der Waals surface area contributed by atoms with E-state index in [0.717, 1.165) is 11.1 Å². The molecule has 1 heterocycles. The molecule has 6 nitrogen and oxygen atoms in total. The molecular weight excluding hydrogens is 485 g/mol. The van der Waals surface area contributed by atoms with Gasteiger partial charge in [0.05, 0.1) is 26.8 Å². The first-order chi connectivity index (χ1) is 16.8. The van der Waals surface area contributed by atoms with Gasteiger partial charge in [0.25, 0.3) is 11.8 Å². The van der Waals surface area contributed by atoms with Gasteiger partial charge in [0.2, 0.25) is 0 Å². The Hall–Kier alpha value is -3.61. The minimum absolute atomic E-state index is 0.130. The minimum Gasteiger partial charge on any atom is -0.483 e. The van der Waals surface area contributed by atoms with E-state index in [-0.39, 0.29) is 28.1 Å². The van der Waals surface area contributed by atoms with Crippen molar-refractivity contribution in [2.24, 2.45) is 0 Å². The maximum Gasteiger partial charge on any atom is 0.260 e. The zero-order valence-corrected chi connectivity index (χ0v) is 20.7. The van der Waals surface area contributed by atoms with Crippen molar-refractivity contribution < 1.29 is 14.3 Å². The predicted molar refractivity (Wildman–Crippen MR) is 139 cm³/mol. The molecule has 0 aliphatic rings. The van der Waals surface area contributed by atoms with Crippen LogP contribution in [0.3, 0.4) is 0 Å². The molecule has 4 rings (SSSR count). The monoisotopic (exact) mass is 507 g/mol. The third-order valence-corrected chi connectivity index (χ3v) is 6.12. The smallest absolute Gasteiger partial charge is 0.260 e. The highest BCUT2D eigenvalue weighted by Gasteiger charge is 2.18. The summed E-state index contributed by atoms with van der Waals surface area (Å²) in [5.74, 6) is -0.0740. The van der Waals surface area contributed by atoms with Crippen LogP contribution in [0.1, 0.15) is 21.5 Å². The number of aryl methyl sites for hydroxylation is 1. The van der Waals surface area contributed by atoms with E-state index >= 15 is 0 Å². The van der Waals surface area contributed by atoms with Gasteiger partial charge >= 0.3 is 0 Å². The van der Waals surface area contributed by atoms with Gasteiger partial charge in [-0.1, -0.05) is 65.7 Å². The Morgan fingerprint density at radius 1 is 0.971 bits per heavy atom. The number of nitrogens with one attached hydrogen (secondary N) is 1. The van der Waals surface area contributed by atoms with Crippen LogP contribution in [0.2, 0.25) is 10.0 Å². The number of nitrogens with zero attached hydrogens (tertiary/aromatic N) is 2. The van der Waals surface area contributed by atoms with Crippen LogP contribution in [0.5, 0.6) is 5.75 Å². The van der Waals surface area contributed by atoms with Gasteiger partial charge in [0.15, 0.2) is 6.61 Å². The molecule has 178 valence electrons. The van der Waals surface area contributed by atoms with E-state index < -0.39 is 5.91 Å². The molecule has 0 saturated heterocycles. The normalized spacial score (nSPS) is 10.7. The van der Waals surface area contributed by atoms with Crippen molar-refractivity contribution in [3.8, 4) is 5.75 Å². The summed E-state index contributed by atoms with van der Waals surface area (Å²) < 4.78 is 5.97. The lowest BCUT2D eigenvalue weighted by molar-refractivity contribution is -0.132. The number of fused-ring (bicyclic) bond motifs is 1. The Morgan fingerprint density at radius 2 is 1.66 bits per heavy atom. The summed E-state index contributed by atoms with van der Waals surface area (Å²) in [6.45, 7) is 2.21. The molecule has 35 heavy (non-hydrogen) atoms. The molecule has 4 aromatic rings. The van der Waals surface area contributed by atoms with Crippen molar-refractivity contribution in [2.45, 2.75) is 13.5 Å². The number of carbonyl (C=O) groups is 2. The molecule has 0 aliphatic heterocycles. The quantitative estimate of drug-likeness (QED) is 0.326. The summed E-state index contributed by atoms with van der Waals surface area (Å²) in [6.07, 6.45) is 1.65. The number of aromatic nitrogens is 1. The van der Waals surface area contributed by atoms with Crippen molar-refractivity contribution in [3.05, 3.63) is 99.7 Å². The molecule has 1 N–H and O–H groups in total. The summed E-state index contributed by atoms with van der Waals surface area (Å²) in [5, 5.41) is 4.01. The van der Waals surface area contributed by atoms with Gasteiger partial charge in [0, 0.05) is 30.7 Å². The fourth-order valence-electron chi connectivity index (χ4n) is 3.68. The number of ether oxygens (including phenoxy) is 1. The SMILES string of the molecule is Cc1cnc2c(NC(=O)c3c(Cl)cccc3Cl)cccc2c1OCC(=O)N(C)Cc1ccccc1. The summed E-state index contributed by atoms with van der Waals surface area (Å²) in [5.41, 5.74) is 2.99. The Balaban J connectivity index is 1.55. The average molecular weight is 508 g/mol. The molecule has 0 spiro atoms. The van der Waals surface area contributed by atoms with E-state index in [1.54, 1.807) is 48.5 Å². The standard InChI is InChI=1S/C27H23Cl2N3O3/c1-17-14-30-25-19(26(17)35-16-23(33)32(2)15-18-8-4-3-5-9-18)10-6-13-22(25)31-27(34)24-20(28)11-7-12-21(24)29/h3-14H,15-16H2,1-2H3,(H,31,34). The number of halogens is 2. The second-order valence-corrected chi connectivity index (χ2v) is 8.86. The van der Waals surface area contributed by atoms with E-state index in [9.17, 15) is 9.59 Å². The molecule has 0 radical (unpaired) electrons. The lowest BCUT2D eigenvalue weighted by Crippen LogP contribution is -2.31. The number of para-hydroxylation sites is 1. The van der Waals surface area contributed by atoms with Crippen molar-refractivity contribution in [3.63, 3.8) is 0 Å². The Kier molecular flexibility index (Phi) is 7.54. The first-order valence-corrected chi connectivity index (χ1v) is 11.6. The van der Waals surface area contributed by atoms with Crippen LogP contribution >= 0.6 is 23.2 Å². The Labute approximate surface area is 213 Å². The summed E-state index contributed by atoms with van der Waals surface area (Å²) in [4.78, 5) is 31.7. The molecule has 0 unspecified atom stereocenters. The third kappa shape index (κ3) is 5.56. The number of amides is 2. The van der Waals surface area contributed by atoms with Crippen LogP contribution in [0.25, 0.3) is 10.9 Å². The van der Waals surface area contributed by atoms with E-state index in [2.05, 4.69) is 10.3 Å². The van der Waals surface area contributed by atoms with E-state index in [1.165, 1.54) is 0 Å². The topological polar surface area (TPSA) is 71.5 Å². The molecule has 0 saturated carbocycles. The number of hydrogen-bond donors (Lipinski definition) is 1. The number of anilines is 1.